The van der Waals surface area contributed by atoms with Crippen molar-refractivity contribution in [1.82, 2.24) is 25.0 Å². The lowest BCUT2D eigenvalue weighted by molar-refractivity contribution is -0.134. The van der Waals surface area contributed by atoms with E-state index in [2.05, 4.69) is 34.3 Å². The Labute approximate surface area is 260 Å². The lowest BCUT2D eigenvalue weighted by atomic mass is 9.88. The molecule has 3 fully saturated rings. The number of nitrogens with zero attached hydrogens (tertiary/aromatic N) is 5. The number of piperidine rings is 1. The summed E-state index contributed by atoms with van der Waals surface area (Å²) in [7, 11) is 2.15. The lowest BCUT2D eigenvalue weighted by Gasteiger charge is -2.36. The standard InChI is InChI=1S/C32H44Cl2N6O2/c1-23-7-10-27(30(35-23)37(2)19-20-38-13-3-4-14-38)24-11-17-39(18-12-24)31(41)29(36-32(42)40-15-5-6-16-40)21-25-8-9-26(33)22-28(25)34/h7-10,22,24,29H,3-6,11-21H2,1-2H3,(H,36,42)/t29-/m1/s1. The maximum Gasteiger partial charge on any atom is 0.318 e. The molecule has 0 aliphatic carbocycles. The highest BCUT2D eigenvalue weighted by Crippen LogP contribution is 2.34. The molecule has 0 saturated carbocycles. The highest BCUT2D eigenvalue weighted by Gasteiger charge is 2.33. The molecule has 4 heterocycles. The Bertz CT molecular complexity index is 1240. The van der Waals surface area contributed by atoms with Crippen LogP contribution in [0.4, 0.5) is 10.6 Å². The van der Waals surface area contributed by atoms with Gasteiger partial charge in [0.1, 0.15) is 11.9 Å². The van der Waals surface area contributed by atoms with E-state index in [1.165, 1.54) is 31.5 Å². The van der Waals surface area contributed by atoms with Crippen molar-refractivity contribution >= 4 is 41.0 Å². The molecule has 0 bridgehead atoms. The number of rotatable bonds is 9. The van der Waals surface area contributed by atoms with Crippen molar-refractivity contribution in [3.05, 3.63) is 57.2 Å². The molecule has 0 spiro atoms. The van der Waals surface area contributed by atoms with Gasteiger partial charge < -0.3 is 24.9 Å². The van der Waals surface area contributed by atoms with Crippen molar-refractivity contribution < 1.29 is 9.59 Å². The van der Waals surface area contributed by atoms with Crippen LogP contribution in [-0.4, -0.2) is 97.1 Å². The van der Waals surface area contributed by atoms with Gasteiger partial charge in [0, 0.05) is 68.5 Å². The third-order valence-corrected chi connectivity index (χ3v) is 9.62. The summed E-state index contributed by atoms with van der Waals surface area (Å²) < 4.78 is 0. The zero-order valence-electron chi connectivity index (χ0n) is 25.0. The van der Waals surface area contributed by atoms with Crippen LogP contribution in [-0.2, 0) is 11.2 Å². The number of amides is 3. The average molecular weight is 616 g/mol. The number of hydrogen-bond acceptors (Lipinski definition) is 5. The number of carbonyl (C=O) groups is 2. The second kappa shape index (κ2) is 14.3. The van der Waals surface area contributed by atoms with Crippen molar-refractivity contribution in [2.24, 2.45) is 0 Å². The zero-order valence-corrected chi connectivity index (χ0v) is 26.5. The van der Waals surface area contributed by atoms with Crippen molar-refractivity contribution in [2.45, 2.75) is 63.8 Å². The molecule has 5 rings (SSSR count). The summed E-state index contributed by atoms with van der Waals surface area (Å²) in [6.07, 6.45) is 6.62. The lowest BCUT2D eigenvalue weighted by Crippen LogP contribution is -2.54. The molecular formula is C32H44Cl2N6O2. The highest BCUT2D eigenvalue weighted by molar-refractivity contribution is 6.35. The molecule has 0 radical (unpaired) electrons. The van der Waals surface area contributed by atoms with Crippen LogP contribution in [0.2, 0.25) is 10.0 Å². The van der Waals surface area contributed by atoms with Crippen molar-refractivity contribution in [3.8, 4) is 0 Å². The van der Waals surface area contributed by atoms with Crippen LogP contribution in [0.5, 0.6) is 0 Å². The molecule has 3 amide bonds. The monoisotopic (exact) mass is 614 g/mol. The van der Waals surface area contributed by atoms with Gasteiger partial charge >= 0.3 is 6.03 Å². The Balaban J connectivity index is 1.25. The second-order valence-electron chi connectivity index (χ2n) is 12.1. The number of halogens is 2. The van der Waals surface area contributed by atoms with Gasteiger partial charge in [-0.15, -0.1) is 0 Å². The summed E-state index contributed by atoms with van der Waals surface area (Å²) in [5.41, 5.74) is 3.08. The first-order valence-corrected chi connectivity index (χ1v) is 16.2. The summed E-state index contributed by atoms with van der Waals surface area (Å²) >= 11 is 12.6. The van der Waals surface area contributed by atoms with Gasteiger partial charge in [-0.05, 0) is 93.8 Å². The number of aromatic nitrogens is 1. The fraction of sp³-hybridized carbons (Fsp3) is 0.594. The number of urea groups is 1. The van der Waals surface area contributed by atoms with E-state index < -0.39 is 6.04 Å². The third kappa shape index (κ3) is 7.69. The summed E-state index contributed by atoms with van der Waals surface area (Å²) in [5, 5.41) is 4.09. The Kier molecular flexibility index (Phi) is 10.5. The molecule has 8 nitrogen and oxygen atoms in total. The average Bonchev–Trinajstić information content (AvgIpc) is 3.72. The number of likely N-dealkylation sites (tertiary alicyclic amines) is 3. The quantitative estimate of drug-likeness (QED) is 0.412. The smallest absolute Gasteiger partial charge is 0.318 e. The van der Waals surface area contributed by atoms with Crippen molar-refractivity contribution in [3.63, 3.8) is 0 Å². The van der Waals surface area contributed by atoms with Crippen molar-refractivity contribution in [2.75, 3.05) is 64.3 Å². The zero-order chi connectivity index (χ0) is 29.6. The summed E-state index contributed by atoms with van der Waals surface area (Å²) in [4.78, 5) is 40.5. The molecule has 2 aromatic rings. The van der Waals surface area contributed by atoms with Crippen LogP contribution in [0.3, 0.4) is 0 Å². The highest BCUT2D eigenvalue weighted by atomic mass is 35.5. The molecule has 3 aliphatic heterocycles. The number of benzene rings is 1. The second-order valence-corrected chi connectivity index (χ2v) is 12.9. The first kappa shape index (κ1) is 30.9. The number of pyridine rings is 1. The summed E-state index contributed by atoms with van der Waals surface area (Å²) in [6.45, 7) is 9.16. The normalized spacial score (nSPS) is 18.9. The van der Waals surface area contributed by atoms with Crippen molar-refractivity contribution in [1.29, 1.82) is 0 Å². The van der Waals surface area contributed by atoms with E-state index in [0.29, 0.717) is 35.5 Å². The Morgan fingerprint density at radius 2 is 1.67 bits per heavy atom. The van der Waals surface area contributed by atoms with Crippen LogP contribution >= 0.6 is 23.2 Å². The van der Waals surface area contributed by atoms with Gasteiger partial charge in [-0.3, -0.25) is 4.79 Å². The topological polar surface area (TPSA) is 72.0 Å². The molecule has 10 heteroatoms. The Hall–Kier alpha value is -2.55. The van der Waals surface area contributed by atoms with E-state index in [1.54, 1.807) is 17.0 Å². The van der Waals surface area contributed by atoms with Crippen LogP contribution in [0.15, 0.2) is 30.3 Å². The molecule has 1 aromatic carbocycles. The van der Waals surface area contributed by atoms with Crippen LogP contribution < -0.4 is 10.2 Å². The maximum atomic E-state index is 13.9. The van der Waals surface area contributed by atoms with E-state index in [4.69, 9.17) is 28.2 Å². The SMILES string of the molecule is Cc1ccc(C2CCN(C(=O)[C@@H](Cc3ccc(Cl)cc3Cl)NC(=O)N3CCCC3)CC2)c(N(C)CCN2CCCC2)n1. The van der Waals surface area contributed by atoms with Crippen LogP contribution in [0.25, 0.3) is 0 Å². The first-order chi connectivity index (χ1) is 20.3. The minimum Gasteiger partial charge on any atom is -0.358 e. The number of nitrogens with one attached hydrogen (secondary N) is 1. The molecule has 3 aliphatic rings. The molecule has 1 N–H and O–H groups in total. The Morgan fingerprint density at radius 3 is 2.36 bits per heavy atom. The van der Waals surface area contributed by atoms with E-state index in [-0.39, 0.29) is 11.9 Å². The number of likely N-dealkylation sites (N-methyl/N-ethyl adjacent to an activating group) is 1. The van der Waals surface area contributed by atoms with Gasteiger partial charge in [-0.25, -0.2) is 9.78 Å². The fourth-order valence-corrected chi connectivity index (χ4v) is 6.97. The van der Waals surface area contributed by atoms with Crippen LogP contribution in [0, 0.1) is 6.92 Å². The molecule has 42 heavy (non-hydrogen) atoms. The number of anilines is 1. The number of hydrogen-bond donors (Lipinski definition) is 1. The largest absolute Gasteiger partial charge is 0.358 e. The van der Waals surface area contributed by atoms with E-state index in [1.807, 2.05) is 17.9 Å². The molecule has 3 saturated heterocycles. The first-order valence-electron chi connectivity index (χ1n) is 15.5. The number of aryl methyl sites for hydroxylation is 1. The summed E-state index contributed by atoms with van der Waals surface area (Å²) in [6, 6.07) is 8.75. The maximum absolute atomic E-state index is 13.9. The molecule has 228 valence electrons. The predicted octanol–water partition coefficient (Wildman–Crippen LogP) is 5.35. The van der Waals surface area contributed by atoms with Gasteiger partial charge in [0.15, 0.2) is 0 Å². The molecule has 1 aromatic heterocycles. The predicted molar refractivity (Wildman–Crippen MR) is 170 cm³/mol. The Morgan fingerprint density at radius 1 is 0.976 bits per heavy atom. The van der Waals surface area contributed by atoms with Gasteiger partial charge in [0.05, 0.1) is 0 Å². The molecule has 1 atom stereocenters. The van der Waals surface area contributed by atoms with Gasteiger partial charge in [-0.2, -0.15) is 0 Å². The summed E-state index contributed by atoms with van der Waals surface area (Å²) in [5.74, 6) is 1.33. The fourth-order valence-electron chi connectivity index (χ4n) is 6.48. The minimum atomic E-state index is -0.693. The third-order valence-electron chi connectivity index (χ3n) is 9.03. The molecule has 0 unspecified atom stereocenters. The molecular weight excluding hydrogens is 571 g/mol. The van der Waals surface area contributed by atoms with Gasteiger partial charge in [-0.1, -0.05) is 35.3 Å². The van der Waals surface area contributed by atoms with E-state index in [0.717, 1.165) is 68.9 Å². The minimum absolute atomic E-state index is 0.0583. The van der Waals surface area contributed by atoms with Crippen LogP contribution in [0.1, 0.15) is 61.3 Å². The number of carbonyl (C=O) groups excluding carboxylic acids is 2. The van der Waals surface area contributed by atoms with E-state index in [9.17, 15) is 9.59 Å². The van der Waals surface area contributed by atoms with E-state index >= 15 is 0 Å². The van der Waals surface area contributed by atoms with Gasteiger partial charge in [0.2, 0.25) is 5.91 Å². The van der Waals surface area contributed by atoms with Gasteiger partial charge in [0.25, 0.3) is 0 Å².